The Bertz CT molecular complexity index is 1090. The van der Waals surface area contributed by atoms with Crippen LogP contribution in [-0.2, 0) is 4.74 Å². The smallest absolute Gasteiger partial charge is 0.232 e. The van der Waals surface area contributed by atoms with Crippen molar-refractivity contribution >= 4 is 40.1 Å². The largest absolute Gasteiger partial charge is 0.378 e. The first-order valence-corrected chi connectivity index (χ1v) is 9.29. The van der Waals surface area contributed by atoms with Crippen LogP contribution in [0, 0.1) is 0 Å². The van der Waals surface area contributed by atoms with E-state index in [0.717, 1.165) is 37.5 Å². The number of H-pyrrole nitrogens is 1. The summed E-state index contributed by atoms with van der Waals surface area (Å²) >= 11 is 0. The van der Waals surface area contributed by atoms with Crippen molar-refractivity contribution in [3.63, 3.8) is 0 Å². The first-order chi connectivity index (χ1) is 14.3. The molecule has 0 amide bonds. The molecule has 5 rings (SSSR count). The van der Waals surface area contributed by atoms with Crippen molar-refractivity contribution in [3.8, 4) is 0 Å². The lowest BCUT2D eigenvalue weighted by Crippen LogP contribution is -2.36. The number of benzene rings is 1. The molecule has 1 aromatic carbocycles. The summed E-state index contributed by atoms with van der Waals surface area (Å²) in [6.07, 6.45) is 6.41. The fourth-order valence-corrected chi connectivity index (χ4v) is 3.17. The minimum atomic E-state index is 0.387. The highest BCUT2D eigenvalue weighted by Gasteiger charge is 2.13. The minimum absolute atomic E-state index is 0.387. The van der Waals surface area contributed by atoms with Crippen molar-refractivity contribution in [3.05, 3.63) is 49.2 Å². The third kappa shape index (κ3) is 3.78. The maximum Gasteiger partial charge on any atom is 0.232 e. The van der Waals surface area contributed by atoms with E-state index < -0.39 is 0 Å². The zero-order chi connectivity index (χ0) is 19.5. The van der Waals surface area contributed by atoms with Gasteiger partial charge in [-0.25, -0.2) is 9.97 Å². The van der Waals surface area contributed by atoms with Crippen LogP contribution in [-0.4, -0.2) is 56.2 Å². The van der Waals surface area contributed by atoms with Crippen LogP contribution >= 0.6 is 0 Å². The Morgan fingerprint density at radius 3 is 2.62 bits per heavy atom. The molecular formula is C19H19N9O. The molecule has 1 aliphatic heterocycles. The van der Waals surface area contributed by atoms with Gasteiger partial charge in [0.05, 0.1) is 25.7 Å². The SMILES string of the molecule is c1cnc(Nc2nc(Nc3ccc(N4CCOCC4)cc3)c3[nH]cnc3n2)cn1. The van der Waals surface area contributed by atoms with Crippen LogP contribution in [0.2, 0.25) is 0 Å². The number of aromatic amines is 1. The van der Waals surface area contributed by atoms with E-state index >= 15 is 0 Å². The van der Waals surface area contributed by atoms with E-state index in [-0.39, 0.29) is 0 Å². The number of anilines is 5. The summed E-state index contributed by atoms with van der Waals surface area (Å²) < 4.78 is 5.42. The van der Waals surface area contributed by atoms with Crippen LogP contribution < -0.4 is 15.5 Å². The van der Waals surface area contributed by atoms with Crippen molar-refractivity contribution < 1.29 is 4.74 Å². The number of fused-ring (bicyclic) bond motifs is 1. The van der Waals surface area contributed by atoms with Gasteiger partial charge in [0.15, 0.2) is 17.3 Å². The molecule has 1 fully saturated rings. The summed E-state index contributed by atoms with van der Waals surface area (Å²) in [6.45, 7) is 3.34. The van der Waals surface area contributed by atoms with E-state index in [1.165, 1.54) is 5.69 Å². The molecule has 1 saturated heterocycles. The molecule has 0 aliphatic carbocycles. The minimum Gasteiger partial charge on any atom is -0.378 e. The number of ether oxygens (including phenoxy) is 1. The lowest BCUT2D eigenvalue weighted by atomic mass is 10.2. The molecule has 0 saturated carbocycles. The molecular weight excluding hydrogens is 370 g/mol. The van der Waals surface area contributed by atoms with E-state index in [4.69, 9.17) is 4.74 Å². The molecule has 0 spiro atoms. The number of morpholine rings is 1. The number of hydrogen-bond acceptors (Lipinski definition) is 9. The van der Waals surface area contributed by atoms with Gasteiger partial charge in [-0.15, -0.1) is 0 Å². The van der Waals surface area contributed by atoms with Gasteiger partial charge in [0, 0.05) is 36.9 Å². The Morgan fingerprint density at radius 2 is 1.83 bits per heavy atom. The summed E-state index contributed by atoms with van der Waals surface area (Å²) in [4.78, 5) is 26.9. The van der Waals surface area contributed by atoms with Crippen LogP contribution in [0.1, 0.15) is 0 Å². The molecule has 3 aromatic heterocycles. The zero-order valence-electron chi connectivity index (χ0n) is 15.5. The van der Waals surface area contributed by atoms with Crippen LogP contribution in [0.5, 0.6) is 0 Å². The predicted molar refractivity (Wildman–Crippen MR) is 110 cm³/mol. The van der Waals surface area contributed by atoms with Gasteiger partial charge in [-0.05, 0) is 24.3 Å². The number of nitrogens with zero attached hydrogens (tertiary/aromatic N) is 6. The quantitative estimate of drug-likeness (QED) is 0.473. The van der Waals surface area contributed by atoms with Gasteiger partial charge in [-0.3, -0.25) is 4.98 Å². The van der Waals surface area contributed by atoms with Crippen LogP contribution in [0.4, 0.5) is 29.0 Å². The number of aromatic nitrogens is 6. The third-order valence-electron chi connectivity index (χ3n) is 4.59. The van der Waals surface area contributed by atoms with Crippen molar-refractivity contribution in [1.82, 2.24) is 29.9 Å². The molecule has 4 aromatic rings. The molecule has 0 bridgehead atoms. The number of imidazole rings is 1. The van der Waals surface area contributed by atoms with Crippen molar-refractivity contribution in [1.29, 1.82) is 0 Å². The predicted octanol–water partition coefficient (Wildman–Crippen LogP) is 2.47. The second-order valence-corrected chi connectivity index (χ2v) is 6.48. The van der Waals surface area contributed by atoms with Crippen molar-refractivity contribution in [2.24, 2.45) is 0 Å². The second-order valence-electron chi connectivity index (χ2n) is 6.48. The van der Waals surface area contributed by atoms with Gasteiger partial charge >= 0.3 is 0 Å². The molecule has 0 atom stereocenters. The highest BCUT2D eigenvalue weighted by atomic mass is 16.5. The van der Waals surface area contributed by atoms with Gasteiger partial charge in [0.1, 0.15) is 5.52 Å². The van der Waals surface area contributed by atoms with Crippen LogP contribution in [0.15, 0.2) is 49.2 Å². The zero-order valence-corrected chi connectivity index (χ0v) is 15.5. The summed E-state index contributed by atoms with van der Waals surface area (Å²) in [5, 5.41) is 6.40. The number of rotatable bonds is 5. The van der Waals surface area contributed by atoms with Crippen molar-refractivity contribution in [2.45, 2.75) is 0 Å². The Morgan fingerprint density at radius 1 is 0.966 bits per heavy atom. The lowest BCUT2D eigenvalue weighted by molar-refractivity contribution is 0.122. The van der Waals surface area contributed by atoms with E-state index in [2.05, 4.69) is 57.6 Å². The highest BCUT2D eigenvalue weighted by molar-refractivity contribution is 5.86. The number of hydrogen-bond donors (Lipinski definition) is 3. The maximum absolute atomic E-state index is 5.42. The molecule has 29 heavy (non-hydrogen) atoms. The first-order valence-electron chi connectivity index (χ1n) is 9.29. The van der Waals surface area contributed by atoms with Gasteiger partial charge in [-0.2, -0.15) is 9.97 Å². The molecule has 0 radical (unpaired) electrons. The Balaban J connectivity index is 1.40. The Hall–Kier alpha value is -3.79. The average molecular weight is 389 g/mol. The molecule has 0 unspecified atom stereocenters. The Labute approximate surface area is 166 Å². The topological polar surface area (TPSA) is 117 Å². The molecule has 10 nitrogen and oxygen atoms in total. The maximum atomic E-state index is 5.42. The monoisotopic (exact) mass is 389 g/mol. The van der Waals surface area contributed by atoms with Gasteiger partial charge < -0.3 is 25.3 Å². The summed E-state index contributed by atoms with van der Waals surface area (Å²) in [7, 11) is 0. The van der Waals surface area contributed by atoms with Gasteiger partial charge in [0.25, 0.3) is 0 Å². The Kier molecular flexibility index (Phi) is 4.59. The molecule has 146 valence electrons. The van der Waals surface area contributed by atoms with E-state index in [0.29, 0.717) is 23.2 Å². The lowest BCUT2D eigenvalue weighted by Gasteiger charge is -2.28. The van der Waals surface area contributed by atoms with E-state index in [9.17, 15) is 0 Å². The standard InChI is InChI=1S/C19H19N9O/c1-3-14(28-7-9-29-10-8-28)4-2-13(1)24-18-16-17(23-12-22-16)26-19(27-18)25-15-11-20-5-6-21-15/h1-6,11-12H,7-10H2,(H3,21,22,23,24,25,26,27). The van der Waals surface area contributed by atoms with Gasteiger partial charge in [-0.1, -0.05) is 0 Å². The molecule has 1 aliphatic rings. The fourth-order valence-electron chi connectivity index (χ4n) is 3.17. The van der Waals surface area contributed by atoms with Crippen LogP contribution in [0.25, 0.3) is 11.2 Å². The summed E-state index contributed by atoms with van der Waals surface area (Å²) in [5.74, 6) is 1.57. The van der Waals surface area contributed by atoms with E-state index in [1.807, 2.05) is 12.1 Å². The van der Waals surface area contributed by atoms with E-state index in [1.54, 1.807) is 24.9 Å². The van der Waals surface area contributed by atoms with Gasteiger partial charge in [0.2, 0.25) is 5.95 Å². The normalized spacial score (nSPS) is 14.1. The van der Waals surface area contributed by atoms with Crippen LogP contribution in [0.3, 0.4) is 0 Å². The summed E-state index contributed by atoms with van der Waals surface area (Å²) in [5.41, 5.74) is 3.38. The second kappa shape index (κ2) is 7.68. The highest BCUT2D eigenvalue weighted by Crippen LogP contribution is 2.25. The molecule has 3 N–H and O–H groups in total. The third-order valence-corrected chi connectivity index (χ3v) is 4.59. The average Bonchev–Trinajstić information content (AvgIpc) is 3.25. The summed E-state index contributed by atoms with van der Waals surface area (Å²) in [6, 6.07) is 8.26. The first kappa shape index (κ1) is 17.3. The van der Waals surface area contributed by atoms with Crippen molar-refractivity contribution in [2.75, 3.05) is 41.8 Å². The number of nitrogens with one attached hydrogen (secondary N) is 3. The molecule has 4 heterocycles. The fraction of sp³-hybridized carbons (Fsp3) is 0.211. The molecule has 10 heteroatoms.